The average molecular weight is 327 g/mol. The summed E-state index contributed by atoms with van der Waals surface area (Å²) in [4.78, 5) is 3.75. The molecular formula is C11H16F3N3O3S. The van der Waals surface area contributed by atoms with Gasteiger partial charge in [-0.25, -0.2) is 4.98 Å². The molecule has 0 radical (unpaired) electrons. The number of hydrogen-bond donors (Lipinski definition) is 3. The summed E-state index contributed by atoms with van der Waals surface area (Å²) < 4.78 is 62.6. The molecule has 1 fully saturated rings. The van der Waals surface area contributed by atoms with Crippen molar-refractivity contribution in [3.05, 3.63) is 23.9 Å². The molecule has 3 N–H and O–H groups in total. The Labute approximate surface area is 120 Å². The Balaban J connectivity index is 0.000000383. The summed E-state index contributed by atoms with van der Waals surface area (Å²) in [5.74, 6) is 0.488. The standard InChI is InChI=1S/C10H12F3N3.CH4O3S/c11-10(12,13)7-1-2-9(15-5-7)16-8-3-4-14-6-8;1-5(2,3)4/h1-2,5,8,14H,3-4,6H2,(H,15,16);1H3,(H,2,3,4)/t8-;/m0./s1. The Morgan fingerprint density at radius 2 is 2.05 bits per heavy atom. The zero-order valence-corrected chi connectivity index (χ0v) is 12.0. The molecule has 1 saturated heterocycles. The van der Waals surface area contributed by atoms with Crippen LogP contribution in [0, 0.1) is 0 Å². The highest BCUT2D eigenvalue weighted by atomic mass is 32.2. The van der Waals surface area contributed by atoms with E-state index in [0.717, 1.165) is 31.8 Å². The molecule has 1 aromatic heterocycles. The van der Waals surface area contributed by atoms with Crippen molar-refractivity contribution >= 4 is 15.9 Å². The van der Waals surface area contributed by atoms with Crippen molar-refractivity contribution in [1.29, 1.82) is 0 Å². The second-order valence-corrected chi connectivity index (χ2v) is 5.96. The van der Waals surface area contributed by atoms with Gasteiger partial charge in [-0.1, -0.05) is 0 Å². The lowest BCUT2D eigenvalue weighted by atomic mass is 10.2. The van der Waals surface area contributed by atoms with E-state index in [1.807, 2.05) is 0 Å². The SMILES string of the molecule is CS(=O)(=O)O.FC(F)(F)c1ccc(N[C@H]2CCNC2)nc1. The van der Waals surface area contributed by atoms with Gasteiger partial charge in [-0.3, -0.25) is 4.55 Å². The van der Waals surface area contributed by atoms with Gasteiger partial charge in [0.1, 0.15) is 5.82 Å². The molecule has 6 nitrogen and oxygen atoms in total. The Kier molecular flexibility index (Phi) is 5.93. The summed E-state index contributed by atoms with van der Waals surface area (Å²) in [6.07, 6.45) is -1.79. The first kappa shape index (κ1) is 17.7. The molecule has 120 valence electrons. The maximum atomic E-state index is 12.3. The molecule has 0 aromatic carbocycles. The van der Waals surface area contributed by atoms with Crippen LogP contribution in [0.1, 0.15) is 12.0 Å². The number of nitrogens with zero attached hydrogens (tertiary/aromatic N) is 1. The van der Waals surface area contributed by atoms with Gasteiger partial charge in [0.25, 0.3) is 10.1 Å². The van der Waals surface area contributed by atoms with E-state index in [2.05, 4.69) is 15.6 Å². The summed E-state index contributed by atoms with van der Waals surface area (Å²) >= 11 is 0. The minimum atomic E-state index is -4.32. The number of pyridine rings is 1. The van der Waals surface area contributed by atoms with Crippen LogP contribution in [-0.4, -0.2) is 43.3 Å². The van der Waals surface area contributed by atoms with E-state index in [1.54, 1.807) is 0 Å². The van der Waals surface area contributed by atoms with Crippen LogP contribution in [0.4, 0.5) is 19.0 Å². The van der Waals surface area contributed by atoms with E-state index in [-0.39, 0.29) is 6.04 Å². The van der Waals surface area contributed by atoms with Crippen molar-refractivity contribution in [3.63, 3.8) is 0 Å². The molecular weight excluding hydrogens is 311 g/mol. The normalized spacial score (nSPS) is 18.8. The Hall–Kier alpha value is -1.39. The van der Waals surface area contributed by atoms with E-state index >= 15 is 0 Å². The minimum absolute atomic E-state index is 0.254. The maximum Gasteiger partial charge on any atom is 0.417 e. The van der Waals surface area contributed by atoms with E-state index in [0.29, 0.717) is 12.1 Å². The fourth-order valence-electron chi connectivity index (χ4n) is 1.63. The topological polar surface area (TPSA) is 91.3 Å². The van der Waals surface area contributed by atoms with E-state index < -0.39 is 21.9 Å². The second-order valence-electron chi connectivity index (χ2n) is 4.50. The number of nitrogens with one attached hydrogen (secondary N) is 2. The van der Waals surface area contributed by atoms with Crippen LogP contribution in [0.2, 0.25) is 0 Å². The third-order valence-electron chi connectivity index (χ3n) is 2.50. The molecule has 0 aliphatic carbocycles. The van der Waals surface area contributed by atoms with Crippen molar-refractivity contribution in [2.45, 2.75) is 18.6 Å². The lowest BCUT2D eigenvalue weighted by Crippen LogP contribution is -2.22. The van der Waals surface area contributed by atoms with Crippen molar-refractivity contribution < 1.29 is 26.1 Å². The van der Waals surface area contributed by atoms with Crippen LogP contribution in [-0.2, 0) is 16.3 Å². The molecule has 1 atom stereocenters. The molecule has 2 heterocycles. The largest absolute Gasteiger partial charge is 0.417 e. The summed E-state index contributed by atoms with van der Waals surface area (Å²) in [5.41, 5.74) is -0.720. The Morgan fingerprint density at radius 3 is 2.43 bits per heavy atom. The average Bonchev–Trinajstić information content (AvgIpc) is 2.79. The van der Waals surface area contributed by atoms with Crippen molar-refractivity contribution in [2.75, 3.05) is 24.7 Å². The summed E-state index contributed by atoms with van der Waals surface area (Å²) in [6, 6.07) is 2.66. The fraction of sp³-hybridized carbons (Fsp3) is 0.545. The van der Waals surface area contributed by atoms with Crippen LogP contribution in [0.25, 0.3) is 0 Å². The van der Waals surface area contributed by atoms with E-state index in [9.17, 15) is 21.6 Å². The molecule has 0 bridgehead atoms. The number of hydrogen-bond acceptors (Lipinski definition) is 5. The first-order valence-corrected chi connectivity index (χ1v) is 7.83. The highest BCUT2D eigenvalue weighted by Gasteiger charge is 2.30. The third-order valence-corrected chi connectivity index (χ3v) is 2.50. The van der Waals surface area contributed by atoms with Gasteiger partial charge in [-0.05, 0) is 25.1 Å². The van der Waals surface area contributed by atoms with Gasteiger partial charge in [-0.2, -0.15) is 21.6 Å². The number of halogens is 3. The van der Waals surface area contributed by atoms with Crippen LogP contribution < -0.4 is 10.6 Å². The van der Waals surface area contributed by atoms with Gasteiger partial charge in [0.15, 0.2) is 0 Å². The zero-order valence-electron chi connectivity index (χ0n) is 11.2. The van der Waals surface area contributed by atoms with E-state index in [1.165, 1.54) is 6.07 Å². The monoisotopic (exact) mass is 327 g/mol. The van der Waals surface area contributed by atoms with E-state index in [4.69, 9.17) is 4.55 Å². The molecule has 10 heteroatoms. The highest BCUT2D eigenvalue weighted by Crippen LogP contribution is 2.28. The van der Waals surface area contributed by atoms with Gasteiger partial charge in [0, 0.05) is 18.8 Å². The zero-order chi connectivity index (χ0) is 16.1. The maximum absolute atomic E-state index is 12.3. The molecule has 1 aliphatic rings. The summed E-state index contributed by atoms with van der Waals surface area (Å²) in [7, 11) is -3.67. The molecule has 0 unspecified atom stereocenters. The third kappa shape index (κ3) is 7.83. The minimum Gasteiger partial charge on any atom is -0.366 e. The van der Waals surface area contributed by atoms with Gasteiger partial charge in [0.05, 0.1) is 11.8 Å². The smallest absolute Gasteiger partial charge is 0.366 e. The predicted molar refractivity (Wildman–Crippen MR) is 71.6 cm³/mol. The molecule has 1 aliphatic heterocycles. The predicted octanol–water partition coefficient (Wildman–Crippen LogP) is 1.38. The Bertz CT molecular complexity index is 532. The lowest BCUT2D eigenvalue weighted by molar-refractivity contribution is -0.137. The number of aromatic nitrogens is 1. The van der Waals surface area contributed by atoms with Crippen LogP contribution in [0.5, 0.6) is 0 Å². The van der Waals surface area contributed by atoms with Gasteiger partial charge < -0.3 is 10.6 Å². The lowest BCUT2D eigenvalue weighted by Gasteiger charge is -2.12. The number of anilines is 1. The molecule has 1 aromatic rings. The highest BCUT2D eigenvalue weighted by molar-refractivity contribution is 7.85. The van der Waals surface area contributed by atoms with Gasteiger partial charge in [0.2, 0.25) is 0 Å². The van der Waals surface area contributed by atoms with Crippen LogP contribution in [0.3, 0.4) is 0 Å². The van der Waals surface area contributed by atoms with Gasteiger partial charge >= 0.3 is 6.18 Å². The van der Waals surface area contributed by atoms with Crippen molar-refractivity contribution in [2.24, 2.45) is 0 Å². The summed E-state index contributed by atoms with van der Waals surface area (Å²) in [5, 5.41) is 6.24. The van der Waals surface area contributed by atoms with Crippen molar-refractivity contribution in [3.8, 4) is 0 Å². The molecule has 0 spiro atoms. The number of alkyl halides is 3. The molecule has 21 heavy (non-hydrogen) atoms. The molecule has 2 rings (SSSR count). The van der Waals surface area contributed by atoms with Gasteiger partial charge in [-0.15, -0.1) is 0 Å². The quantitative estimate of drug-likeness (QED) is 0.711. The fourth-order valence-corrected chi connectivity index (χ4v) is 1.63. The van der Waals surface area contributed by atoms with Crippen LogP contribution >= 0.6 is 0 Å². The molecule has 0 saturated carbocycles. The summed E-state index contributed by atoms with van der Waals surface area (Å²) in [6.45, 7) is 1.75. The second kappa shape index (κ2) is 7.05. The van der Waals surface area contributed by atoms with Crippen molar-refractivity contribution in [1.82, 2.24) is 10.3 Å². The molecule has 0 amide bonds. The van der Waals surface area contributed by atoms with Crippen LogP contribution in [0.15, 0.2) is 18.3 Å². The Morgan fingerprint density at radius 1 is 1.43 bits per heavy atom. The first-order valence-electron chi connectivity index (χ1n) is 5.98. The number of rotatable bonds is 2. The first-order chi connectivity index (χ1) is 9.55.